The minimum atomic E-state index is 0. The highest BCUT2D eigenvalue weighted by atomic mass is 127. The largest absolute Gasteiger partial charge is 0.496 e. The molecule has 21 heavy (non-hydrogen) atoms. The number of hydrogen-bond acceptors (Lipinski definition) is 2. The molecule has 0 bridgehead atoms. The summed E-state index contributed by atoms with van der Waals surface area (Å²) < 4.78 is 5.27. The van der Waals surface area contributed by atoms with E-state index in [1.165, 1.54) is 5.56 Å². The molecule has 0 aromatic heterocycles. The fourth-order valence-corrected chi connectivity index (χ4v) is 1.85. The number of methoxy groups -OCH3 is 1. The van der Waals surface area contributed by atoms with Gasteiger partial charge in [-0.05, 0) is 37.0 Å². The highest BCUT2D eigenvalue weighted by Crippen LogP contribution is 2.18. The van der Waals surface area contributed by atoms with Gasteiger partial charge in [0.25, 0.3) is 0 Å². The third-order valence-electron chi connectivity index (χ3n) is 2.90. The predicted molar refractivity (Wildman–Crippen MR) is 101 cm³/mol. The van der Waals surface area contributed by atoms with Crippen molar-refractivity contribution in [3.8, 4) is 5.75 Å². The summed E-state index contributed by atoms with van der Waals surface area (Å²) in [4.78, 5) is 4.61. The van der Waals surface area contributed by atoms with Crippen molar-refractivity contribution < 1.29 is 4.74 Å². The van der Waals surface area contributed by atoms with E-state index in [9.17, 15) is 0 Å². The number of halogens is 1. The zero-order valence-electron chi connectivity index (χ0n) is 13.7. The molecule has 0 saturated carbocycles. The smallest absolute Gasteiger partial charge is 0.191 e. The third-order valence-corrected chi connectivity index (χ3v) is 2.90. The number of benzene rings is 1. The molecule has 0 heterocycles. The fraction of sp³-hybridized carbons (Fsp3) is 0.562. The van der Waals surface area contributed by atoms with Crippen LogP contribution in [0.3, 0.4) is 0 Å². The Balaban J connectivity index is 0.00000400. The molecule has 0 aliphatic heterocycles. The van der Waals surface area contributed by atoms with Gasteiger partial charge in [0.2, 0.25) is 0 Å². The van der Waals surface area contributed by atoms with Crippen LogP contribution in [0.2, 0.25) is 0 Å². The molecule has 0 radical (unpaired) electrons. The average molecular weight is 405 g/mol. The second-order valence-electron chi connectivity index (χ2n) is 5.27. The number of aliphatic imine (C=N–C) groups is 1. The average Bonchev–Trinajstić information content (AvgIpc) is 2.42. The van der Waals surface area contributed by atoms with E-state index in [0.29, 0.717) is 12.5 Å². The van der Waals surface area contributed by atoms with Crippen molar-refractivity contribution in [1.29, 1.82) is 0 Å². The lowest BCUT2D eigenvalue weighted by Gasteiger charge is -2.13. The number of hydrogen-bond donors (Lipinski definition) is 2. The van der Waals surface area contributed by atoms with Crippen LogP contribution >= 0.6 is 24.0 Å². The summed E-state index contributed by atoms with van der Waals surface area (Å²) in [6, 6.07) is 6.17. The van der Waals surface area contributed by atoms with Gasteiger partial charge in [-0.3, -0.25) is 0 Å². The Hall–Kier alpha value is -0.980. The Labute approximate surface area is 145 Å². The first-order valence-electron chi connectivity index (χ1n) is 7.22. The normalized spacial score (nSPS) is 11.0. The number of ether oxygens (including phenoxy) is 1. The molecule has 0 atom stereocenters. The van der Waals surface area contributed by atoms with Crippen LogP contribution in [0.1, 0.15) is 31.9 Å². The Kier molecular flexibility index (Phi) is 10.2. The Morgan fingerprint density at radius 1 is 1.29 bits per heavy atom. The molecule has 120 valence electrons. The van der Waals surface area contributed by atoms with Crippen molar-refractivity contribution in [3.63, 3.8) is 0 Å². The van der Waals surface area contributed by atoms with E-state index < -0.39 is 0 Å². The van der Waals surface area contributed by atoms with Gasteiger partial charge < -0.3 is 15.4 Å². The lowest BCUT2D eigenvalue weighted by atomic mass is 10.1. The highest BCUT2D eigenvalue weighted by Gasteiger charge is 2.01. The van der Waals surface area contributed by atoms with E-state index >= 15 is 0 Å². The van der Waals surface area contributed by atoms with Crippen molar-refractivity contribution >= 4 is 29.9 Å². The number of rotatable bonds is 6. The van der Waals surface area contributed by atoms with Gasteiger partial charge in [0.1, 0.15) is 5.75 Å². The predicted octanol–water partition coefficient (Wildman–Crippen LogP) is 3.33. The summed E-state index contributed by atoms with van der Waals surface area (Å²) in [6.07, 6.45) is 0. The van der Waals surface area contributed by atoms with Crippen molar-refractivity contribution in [1.82, 2.24) is 10.6 Å². The highest BCUT2D eigenvalue weighted by molar-refractivity contribution is 14.0. The van der Waals surface area contributed by atoms with E-state index in [1.54, 1.807) is 7.11 Å². The van der Waals surface area contributed by atoms with Gasteiger partial charge in [-0.2, -0.15) is 0 Å². The van der Waals surface area contributed by atoms with E-state index in [0.717, 1.165) is 30.4 Å². The molecule has 1 rings (SSSR count). The second kappa shape index (κ2) is 10.7. The minimum absolute atomic E-state index is 0. The van der Waals surface area contributed by atoms with Crippen LogP contribution in [0.4, 0.5) is 0 Å². The van der Waals surface area contributed by atoms with E-state index in [4.69, 9.17) is 4.74 Å². The Bertz CT molecular complexity index is 447. The van der Waals surface area contributed by atoms with E-state index in [-0.39, 0.29) is 24.0 Å². The van der Waals surface area contributed by atoms with Gasteiger partial charge in [0.05, 0.1) is 13.7 Å². The van der Waals surface area contributed by atoms with Crippen molar-refractivity contribution in [3.05, 3.63) is 29.3 Å². The minimum Gasteiger partial charge on any atom is -0.496 e. The standard InChI is InChI=1S/C16H27N3O.HI/c1-6-17-16(18-10-12(2)3)19-11-14-7-8-15(20-5)13(4)9-14;/h7-9,12H,6,10-11H2,1-5H3,(H2,17,18,19);1H. The molecular formula is C16H28IN3O. The first-order valence-corrected chi connectivity index (χ1v) is 7.22. The molecule has 5 heteroatoms. The van der Waals surface area contributed by atoms with Gasteiger partial charge >= 0.3 is 0 Å². The monoisotopic (exact) mass is 405 g/mol. The molecule has 0 amide bonds. The Morgan fingerprint density at radius 3 is 2.52 bits per heavy atom. The molecular weight excluding hydrogens is 377 g/mol. The van der Waals surface area contributed by atoms with Crippen LogP contribution in [0.15, 0.2) is 23.2 Å². The van der Waals surface area contributed by atoms with Crippen LogP contribution in [-0.2, 0) is 6.54 Å². The molecule has 1 aromatic rings. The topological polar surface area (TPSA) is 45.7 Å². The number of nitrogens with one attached hydrogen (secondary N) is 2. The van der Waals surface area contributed by atoms with Crippen molar-refractivity contribution in [2.45, 2.75) is 34.2 Å². The molecule has 0 aliphatic rings. The maximum absolute atomic E-state index is 5.27. The van der Waals surface area contributed by atoms with Crippen molar-refractivity contribution in [2.75, 3.05) is 20.2 Å². The first kappa shape index (κ1) is 20.0. The summed E-state index contributed by atoms with van der Waals surface area (Å²) in [5, 5.41) is 6.60. The van der Waals surface area contributed by atoms with Crippen molar-refractivity contribution in [2.24, 2.45) is 10.9 Å². The van der Waals surface area contributed by atoms with E-state index in [2.05, 4.69) is 48.5 Å². The molecule has 4 nitrogen and oxygen atoms in total. The van der Waals surface area contributed by atoms with Gasteiger partial charge in [0.15, 0.2) is 5.96 Å². The summed E-state index contributed by atoms with van der Waals surface area (Å²) >= 11 is 0. The van der Waals surface area contributed by atoms with Crippen LogP contribution in [0, 0.1) is 12.8 Å². The van der Waals surface area contributed by atoms with Crippen LogP contribution in [-0.4, -0.2) is 26.2 Å². The molecule has 0 aliphatic carbocycles. The fourth-order valence-electron chi connectivity index (χ4n) is 1.85. The maximum atomic E-state index is 5.27. The molecule has 1 aromatic carbocycles. The summed E-state index contributed by atoms with van der Waals surface area (Å²) in [5.74, 6) is 2.39. The molecule has 2 N–H and O–H groups in total. The zero-order chi connectivity index (χ0) is 15.0. The molecule has 0 unspecified atom stereocenters. The van der Waals surface area contributed by atoms with Crippen LogP contribution in [0.5, 0.6) is 5.75 Å². The second-order valence-corrected chi connectivity index (χ2v) is 5.27. The number of aryl methyl sites for hydroxylation is 1. The molecule has 0 saturated heterocycles. The summed E-state index contributed by atoms with van der Waals surface area (Å²) in [5.41, 5.74) is 2.32. The van der Waals surface area contributed by atoms with Gasteiger partial charge in [-0.15, -0.1) is 24.0 Å². The Morgan fingerprint density at radius 2 is 2.00 bits per heavy atom. The number of nitrogens with zero attached hydrogens (tertiary/aromatic N) is 1. The quantitative estimate of drug-likeness (QED) is 0.434. The van der Waals surface area contributed by atoms with Crippen LogP contribution in [0.25, 0.3) is 0 Å². The summed E-state index contributed by atoms with van der Waals surface area (Å²) in [6.45, 7) is 10.9. The molecule has 0 spiro atoms. The van der Waals surface area contributed by atoms with Gasteiger partial charge in [-0.25, -0.2) is 4.99 Å². The third kappa shape index (κ3) is 7.55. The first-order chi connectivity index (χ1) is 9.56. The maximum Gasteiger partial charge on any atom is 0.191 e. The lowest BCUT2D eigenvalue weighted by molar-refractivity contribution is 0.411. The zero-order valence-corrected chi connectivity index (χ0v) is 16.0. The molecule has 0 fully saturated rings. The number of guanidine groups is 1. The van der Waals surface area contributed by atoms with E-state index in [1.807, 2.05) is 13.0 Å². The summed E-state index contributed by atoms with van der Waals surface area (Å²) in [7, 11) is 1.69. The van der Waals surface area contributed by atoms with Gasteiger partial charge in [0, 0.05) is 13.1 Å². The SMILES string of the molecule is CCNC(=NCc1ccc(OC)c(C)c1)NCC(C)C.I. The lowest BCUT2D eigenvalue weighted by Crippen LogP contribution is -2.39. The van der Waals surface area contributed by atoms with Crippen LogP contribution < -0.4 is 15.4 Å². The van der Waals surface area contributed by atoms with Gasteiger partial charge in [-0.1, -0.05) is 26.0 Å².